The second-order valence-electron chi connectivity index (χ2n) is 11.5. The second-order valence-corrected chi connectivity index (χ2v) is 13.4. The van der Waals surface area contributed by atoms with Crippen molar-refractivity contribution < 1.29 is 18.0 Å². The summed E-state index contributed by atoms with van der Waals surface area (Å²) >= 11 is 0. The van der Waals surface area contributed by atoms with Crippen LogP contribution in [0.3, 0.4) is 0 Å². The summed E-state index contributed by atoms with van der Waals surface area (Å²) in [6.45, 7) is 13.1. The summed E-state index contributed by atoms with van der Waals surface area (Å²) in [5.74, 6) is -0.529. The van der Waals surface area contributed by atoms with Gasteiger partial charge in [-0.3, -0.25) is 13.9 Å². The molecule has 0 radical (unpaired) electrons. The van der Waals surface area contributed by atoms with E-state index in [2.05, 4.69) is 19.2 Å². The summed E-state index contributed by atoms with van der Waals surface area (Å²) in [7, 11) is -4.08. The monoisotopic (exact) mass is 563 g/mol. The lowest BCUT2D eigenvalue weighted by Crippen LogP contribution is -2.54. The Labute approximate surface area is 239 Å². The molecule has 40 heavy (non-hydrogen) atoms. The summed E-state index contributed by atoms with van der Waals surface area (Å²) in [4.78, 5) is 28.7. The van der Waals surface area contributed by atoms with E-state index < -0.39 is 34.1 Å². The first-order chi connectivity index (χ1) is 18.7. The lowest BCUT2D eigenvalue weighted by molar-refractivity contribution is -0.140. The molecule has 0 saturated carbocycles. The number of hydrogen-bond acceptors (Lipinski definition) is 4. The van der Waals surface area contributed by atoms with Crippen LogP contribution in [0.5, 0.6) is 0 Å². The maximum Gasteiger partial charge on any atom is 0.264 e. The third kappa shape index (κ3) is 7.94. The van der Waals surface area contributed by atoms with Crippen LogP contribution in [0.15, 0.2) is 83.8 Å². The molecule has 8 heteroatoms. The maximum absolute atomic E-state index is 14.0. The molecule has 0 fully saturated rings. The van der Waals surface area contributed by atoms with Gasteiger partial charge in [0.25, 0.3) is 10.0 Å². The Morgan fingerprint density at radius 1 is 0.850 bits per heavy atom. The van der Waals surface area contributed by atoms with Gasteiger partial charge in [-0.05, 0) is 75.9 Å². The van der Waals surface area contributed by atoms with Crippen LogP contribution in [-0.4, -0.2) is 43.3 Å². The molecule has 0 saturated heterocycles. The topological polar surface area (TPSA) is 86.8 Å². The van der Waals surface area contributed by atoms with Crippen molar-refractivity contribution in [1.29, 1.82) is 0 Å². The molecule has 0 aliphatic heterocycles. The molecule has 0 aromatic heterocycles. The number of benzene rings is 3. The molecule has 214 valence electrons. The largest absolute Gasteiger partial charge is 0.350 e. The molecule has 3 aromatic carbocycles. The van der Waals surface area contributed by atoms with Crippen LogP contribution in [0, 0.1) is 6.92 Å². The van der Waals surface area contributed by atoms with Gasteiger partial charge in [-0.1, -0.05) is 74.0 Å². The second kappa shape index (κ2) is 12.7. The van der Waals surface area contributed by atoms with E-state index in [4.69, 9.17) is 0 Å². The Morgan fingerprint density at radius 2 is 1.43 bits per heavy atom. The number of amides is 2. The van der Waals surface area contributed by atoms with E-state index in [0.29, 0.717) is 5.69 Å². The molecule has 0 spiro atoms. The van der Waals surface area contributed by atoms with E-state index in [0.717, 1.165) is 21.0 Å². The van der Waals surface area contributed by atoms with Crippen molar-refractivity contribution in [2.24, 2.45) is 0 Å². The van der Waals surface area contributed by atoms with Crippen molar-refractivity contribution >= 4 is 27.5 Å². The van der Waals surface area contributed by atoms with E-state index in [1.165, 1.54) is 17.0 Å². The van der Waals surface area contributed by atoms with Gasteiger partial charge in [-0.15, -0.1) is 0 Å². The molecular weight excluding hydrogens is 522 g/mol. The number of aryl methyl sites for hydroxylation is 1. The van der Waals surface area contributed by atoms with Crippen LogP contribution < -0.4 is 9.62 Å². The smallest absolute Gasteiger partial charge is 0.264 e. The highest BCUT2D eigenvalue weighted by atomic mass is 32.2. The Hall–Kier alpha value is -3.65. The maximum atomic E-state index is 14.0. The van der Waals surface area contributed by atoms with Gasteiger partial charge in [-0.25, -0.2) is 8.42 Å². The Balaban J connectivity index is 2.03. The van der Waals surface area contributed by atoms with E-state index in [9.17, 15) is 18.0 Å². The van der Waals surface area contributed by atoms with Gasteiger partial charge in [0.2, 0.25) is 11.8 Å². The average molecular weight is 564 g/mol. The Kier molecular flexibility index (Phi) is 9.79. The van der Waals surface area contributed by atoms with E-state index >= 15 is 0 Å². The summed E-state index contributed by atoms with van der Waals surface area (Å²) in [5.41, 5.74) is 2.85. The van der Waals surface area contributed by atoms with Gasteiger partial charge in [0, 0.05) is 12.1 Å². The minimum atomic E-state index is -4.08. The molecule has 1 unspecified atom stereocenters. The lowest BCUT2D eigenvalue weighted by Gasteiger charge is -2.33. The van der Waals surface area contributed by atoms with Crippen molar-refractivity contribution in [2.45, 2.75) is 77.4 Å². The predicted octanol–water partition coefficient (Wildman–Crippen LogP) is 5.65. The van der Waals surface area contributed by atoms with Gasteiger partial charge in [0.1, 0.15) is 12.6 Å². The first-order valence-electron chi connectivity index (χ1n) is 13.5. The molecule has 2 amide bonds. The molecule has 0 heterocycles. The molecule has 7 nitrogen and oxygen atoms in total. The van der Waals surface area contributed by atoms with Crippen LogP contribution in [-0.2, 0) is 26.2 Å². The first-order valence-corrected chi connectivity index (χ1v) is 15.0. The third-order valence-corrected chi connectivity index (χ3v) is 8.38. The zero-order chi connectivity index (χ0) is 29.7. The van der Waals surface area contributed by atoms with E-state index in [1.54, 1.807) is 37.3 Å². The lowest BCUT2D eigenvalue weighted by atomic mass is 10.0. The number of nitrogens with one attached hydrogen (secondary N) is 1. The molecule has 1 N–H and O–H groups in total. The van der Waals surface area contributed by atoms with Gasteiger partial charge >= 0.3 is 0 Å². The minimum absolute atomic E-state index is 0.0827. The quantitative estimate of drug-likeness (QED) is 0.346. The number of carbonyl (C=O) groups excluding carboxylic acids is 2. The van der Waals surface area contributed by atoms with Gasteiger partial charge in [0.05, 0.1) is 10.6 Å². The van der Waals surface area contributed by atoms with Crippen molar-refractivity contribution in [3.05, 3.63) is 95.6 Å². The highest BCUT2D eigenvalue weighted by Crippen LogP contribution is 2.26. The van der Waals surface area contributed by atoms with Gasteiger partial charge in [-0.2, -0.15) is 0 Å². The zero-order valence-electron chi connectivity index (χ0n) is 24.5. The van der Waals surface area contributed by atoms with Crippen molar-refractivity contribution in [1.82, 2.24) is 10.2 Å². The molecular formula is C32H41N3O4S. The average Bonchev–Trinajstić information content (AvgIpc) is 2.90. The van der Waals surface area contributed by atoms with Gasteiger partial charge in [0.15, 0.2) is 0 Å². The number of hydrogen-bond donors (Lipinski definition) is 1. The minimum Gasteiger partial charge on any atom is -0.350 e. The highest BCUT2D eigenvalue weighted by molar-refractivity contribution is 7.92. The van der Waals surface area contributed by atoms with Crippen LogP contribution in [0.1, 0.15) is 64.2 Å². The predicted molar refractivity (Wildman–Crippen MR) is 161 cm³/mol. The van der Waals surface area contributed by atoms with Crippen molar-refractivity contribution in [3.63, 3.8) is 0 Å². The zero-order valence-corrected chi connectivity index (χ0v) is 25.3. The molecule has 3 aromatic rings. The SMILES string of the molecule is Cc1ccc(CN(C(=O)CN(c2ccc(C(C)C)cc2)S(=O)(=O)c2ccccc2)C(C)C(=O)NC(C)(C)C)cc1. The Morgan fingerprint density at radius 3 is 1.95 bits per heavy atom. The fraction of sp³-hybridized carbons (Fsp3) is 0.375. The van der Waals surface area contributed by atoms with Crippen LogP contribution in [0.4, 0.5) is 5.69 Å². The molecule has 0 aliphatic rings. The third-order valence-electron chi connectivity index (χ3n) is 6.60. The van der Waals surface area contributed by atoms with Gasteiger partial charge < -0.3 is 10.2 Å². The summed E-state index contributed by atoms with van der Waals surface area (Å²) in [5, 5.41) is 2.94. The number of rotatable bonds is 10. The van der Waals surface area contributed by atoms with Crippen LogP contribution >= 0.6 is 0 Å². The van der Waals surface area contributed by atoms with Crippen molar-refractivity contribution in [3.8, 4) is 0 Å². The summed E-state index contributed by atoms with van der Waals surface area (Å²) in [6.07, 6.45) is 0. The van der Waals surface area contributed by atoms with Crippen LogP contribution in [0.25, 0.3) is 0 Å². The van der Waals surface area contributed by atoms with Crippen LogP contribution in [0.2, 0.25) is 0 Å². The number of sulfonamides is 1. The highest BCUT2D eigenvalue weighted by Gasteiger charge is 2.33. The molecule has 0 bridgehead atoms. The fourth-order valence-corrected chi connectivity index (χ4v) is 5.66. The Bertz CT molecular complexity index is 1400. The first kappa shape index (κ1) is 30.9. The molecule has 0 aliphatic carbocycles. The normalized spacial score (nSPS) is 12.6. The van der Waals surface area contributed by atoms with Crippen molar-refractivity contribution in [2.75, 3.05) is 10.8 Å². The number of carbonyl (C=O) groups is 2. The number of anilines is 1. The molecule has 1 atom stereocenters. The molecule has 3 rings (SSSR count). The summed E-state index contributed by atoms with van der Waals surface area (Å²) in [6, 6.07) is 22.1. The fourth-order valence-electron chi connectivity index (χ4n) is 4.22. The summed E-state index contributed by atoms with van der Waals surface area (Å²) < 4.78 is 28.9. The van der Waals surface area contributed by atoms with E-state index in [-0.39, 0.29) is 23.3 Å². The van der Waals surface area contributed by atoms with E-state index in [1.807, 2.05) is 64.1 Å². The standard InChI is InChI=1S/C32H41N3O4S/c1-23(2)27-17-19-28(20-18-27)35(40(38,39)29-11-9-8-10-12-29)22-30(36)34(21-26-15-13-24(3)14-16-26)25(4)31(37)33-32(5,6)7/h8-20,23,25H,21-22H2,1-7H3,(H,33,37). The number of nitrogens with zero attached hydrogens (tertiary/aromatic N) is 2.